The Morgan fingerprint density at radius 3 is 2.96 bits per heavy atom. The number of hydrogen-bond donors (Lipinski definition) is 1. The second kappa shape index (κ2) is 6.26. The smallest absolute Gasteiger partial charge is 0.208 e. The number of fused-ring (bicyclic) bond motifs is 1. The van der Waals surface area contributed by atoms with Gasteiger partial charge in [0.05, 0.1) is 24.3 Å². The fourth-order valence-electron chi connectivity index (χ4n) is 3.04. The van der Waals surface area contributed by atoms with Gasteiger partial charge in [-0.3, -0.25) is 0 Å². The van der Waals surface area contributed by atoms with E-state index in [1.165, 1.54) is 17.4 Å². The Bertz CT molecular complexity index is 909. The lowest BCUT2D eigenvalue weighted by atomic mass is 10.1. The van der Waals surface area contributed by atoms with Crippen molar-refractivity contribution in [3.63, 3.8) is 0 Å². The summed E-state index contributed by atoms with van der Waals surface area (Å²) < 4.78 is 29.3. The lowest BCUT2D eigenvalue weighted by Gasteiger charge is -2.33. The number of nitrogens with two attached hydrogens (primary N) is 1. The van der Waals surface area contributed by atoms with Crippen molar-refractivity contribution in [3.8, 4) is 0 Å². The van der Waals surface area contributed by atoms with Gasteiger partial charge in [-0.1, -0.05) is 11.3 Å². The average molecular weight is 365 g/mol. The number of aromatic nitrogens is 5. The Morgan fingerprint density at radius 2 is 2.24 bits per heavy atom. The van der Waals surface area contributed by atoms with Crippen LogP contribution in [0.2, 0.25) is 0 Å². The maximum absolute atomic E-state index is 13.7. The van der Waals surface area contributed by atoms with Gasteiger partial charge in [0.2, 0.25) is 5.95 Å². The number of aryl methyl sites for hydroxylation is 1. The maximum Gasteiger partial charge on any atom is 0.208 e. The van der Waals surface area contributed by atoms with Gasteiger partial charge in [-0.25, -0.2) is 13.8 Å². The monoisotopic (exact) mass is 365 g/mol. The topological polar surface area (TPSA) is 85.8 Å². The minimum absolute atomic E-state index is 0.337. The van der Waals surface area contributed by atoms with Crippen LogP contribution in [0.4, 0.5) is 14.7 Å². The number of anilines is 1. The number of imidazole rings is 1. The van der Waals surface area contributed by atoms with E-state index in [0.29, 0.717) is 43.2 Å². The van der Waals surface area contributed by atoms with E-state index in [9.17, 15) is 8.78 Å². The highest BCUT2D eigenvalue weighted by Crippen LogP contribution is 2.27. The third-order valence-corrected chi connectivity index (χ3v) is 5.09. The van der Waals surface area contributed by atoms with Crippen LogP contribution >= 0.6 is 11.3 Å². The summed E-state index contributed by atoms with van der Waals surface area (Å²) in [5.74, 6) is 0.163. The zero-order valence-corrected chi connectivity index (χ0v) is 14.4. The number of piperidine rings is 1. The van der Waals surface area contributed by atoms with E-state index in [2.05, 4.69) is 20.2 Å². The van der Waals surface area contributed by atoms with Crippen molar-refractivity contribution in [2.45, 2.75) is 32.1 Å². The van der Waals surface area contributed by atoms with Crippen LogP contribution in [0.25, 0.3) is 11.2 Å². The van der Waals surface area contributed by atoms with Gasteiger partial charge in [0.1, 0.15) is 22.0 Å². The Labute approximate surface area is 146 Å². The molecule has 0 aromatic carbocycles. The van der Waals surface area contributed by atoms with Crippen molar-refractivity contribution in [3.05, 3.63) is 28.1 Å². The van der Waals surface area contributed by atoms with Crippen molar-refractivity contribution in [1.29, 1.82) is 0 Å². The fraction of sp³-hybridized carbons (Fsp3) is 0.467. The molecule has 0 spiro atoms. The lowest BCUT2D eigenvalue weighted by molar-refractivity contribution is 0.243. The van der Waals surface area contributed by atoms with Crippen molar-refractivity contribution in [1.82, 2.24) is 24.7 Å². The highest BCUT2D eigenvalue weighted by atomic mass is 32.1. The number of halogens is 2. The molecule has 0 amide bonds. The van der Waals surface area contributed by atoms with Gasteiger partial charge >= 0.3 is 0 Å². The average Bonchev–Trinajstić information content (AvgIpc) is 3.14. The van der Waals surface area contributed by atoms with Crippen LogP contribution in [-0.4, -0.2) is 50.0 Å². The lowest BCUT2D eigenvalue weighted by Crippen LogP contribution is -2.50. The highest BCUT2D eigenvalue weighted by molar-refractivity contribution is 7.11. The molecule has 0 saturated carbocycles. The maximum atomic E-state index is 13.7. The van der Waals surface area contributed by atoms with Crippen LogP contribution in [0.15, 0.2) is 12.3 Å². The highest BCUT2D eigenvalue weighted by Gasteiger charge is 2.29. The first kappa shape index (κ1) is 16.3. The van der Waals surface area contributed by atoms with E-state index in [4.69, 9.17) is 5.73 Å². The first-order chi connectivity index (χ1) is 12.0. The second-order valence-corrected chi connectivity index (χ2v) is 7.39. The summed E-state index contributed by atoms with van der Waals surface area (Å²) in [6.45, 7) is 3.12. The van der Waals surface area contributed by atoms with E-state index in [-0.39, 0.29) is 0 Å². The van der Waals surface area contributed by atoms with Gasteiger partial charge in [-0.15, -0.1) is 10.2 Å². The molecule has 1 aliphatic rings. The van der Waals surface area contributed by atoms with Crippen LogP contribution in [0.1, 0.15) is 16.4 Å². The van der Waals surface area contributed by atoms with E-state index in [1.807, 2.05) is 16.4 Å². The molecule has 1 aliphatic heterocycles. The number of alkyl halides is 1. The molecular formula is C15H17F2N7S. The summed E-state index contributed by atoms with van der Waals surface area (Å²) in [4.78, 5) is 10.5. The number of nitrogens with zero attached hydrogens (tertiary/aromatic N) is 6. The molecule has 132 valence electrons. The van der Waals surface area contributed by atoms with Crippen molar-refractivity contribution >= 4 is 28.4 Å². The standard InChI is InChI=1S/C15H17F2N7S/c1-8-21-22-13(25-8)7-24-12-4-9(16)5-19-14(12)20-15(24)23-3-2-10(17)11(18)6-23/h4-5,10-11H,2-3,6-7,18H2,1H3/t10-,11-/m1/s1. The molecule has 0 radical (unpaired) electrons. The largest absolute Gasteiger partial charge is 0.340 e. The van der Waals surface area contributed by atoms with Gasteiger partial charge < -0.3 is 15.2 Å². The summed E-state index contributed by atoms with van der Waals surface area (Å²) in [6.07, 6.45) is 0.456. The van der Waals surface area contributed by atoms with Crippen LogP contribution in [0.5, 0.6) is 0 Å². The molecule has 1 fully saturated rings. The van der Waals surface area contributed by atoms with E-state index >= 15 is 0 Å². The Morgan fingerprint density at radius 1 is 1.40 bits per heavy atom. The molecule has 2 atom stereocenters. The fourth-order valence-corrected chi connectivity index (χ4v) is 3.74. The zero-order valence-electron chi connectivity index (χ0n) is 13.6. The predicted molar refractivity (Wildman–Crippen MR) is 90.9 cm³/mol. The van der Waals surface area contributed by atoms with Gasteiger partial charge in [-0.2, -0.15) is 4.98 Å². The molecular weight excluding hydrogens is 348 g/mol. The van der Waals surface area contributed by atoms with E-state index < -0.39 is 18.0 Å². The second-order valence-electron chi connectivity index (χ2n) is 6.12. The predicted octanol–water partition coefficient (Wildman–Crippen LogP) is 1.65. The molecule has 7 nitrogen and oxygen atoms in total. The summed E-state index contributed by atoms with van der Waals surface area (Å²) in [7, 11) is 0. The molecule has 10 heteroatoms. The molecule has 4 heterocycles. The molecule has 0 unspecified atom stereocenters. The Balaban J connectivity index is 1.78. The van der Waals surface area contributed by atoms with Crippen molar-refractivity contribution in [2.75, 3.05) is 18.0 Å². The normalized spacial score (nSPS) is 21.2. The first-order valence-corrected chi connectivity index (χ1v) is 8.78. The van der Waals surface area contributed by atoms with Crippen LogP contribution in [-0.2, 0) is 6.54 Å². The summed E-state index contributed by atoms with van der Waals surface area (Å²) >= 11 is 1.47. The van der Waals surface area contributed by atoms with Gasteiger partial charge in [0.25, 0.3) is 0 Å². The molecule has 2 N–H and O–H groups in total. The van der Waals surface area contributed by atoms with Gasteiger partial charge in [0, 0.05) is 19.2 Å². The molecule has 4 rings (SSSR count). The number of pyridine rings is 1. The quantitative estimate of drug-likeness (QED) is 0.760. The SMILES string of the molecule is Cc1nnc(Cn2c(N3CC[C@@H](F)[C@H](N)C3)nc3ncc(F)cc32)s1. The Hall–Kier alpha value is -2.20. The minimum atomic E-state index is -1.02. The van der Waals surface area contributed by atoms with Crippen molar-refractivity contribution in [2.24, 2.45) is 5.73 Å². The van der Waals surface area contributed by atoms with Crippen LogP contribution < -0.4 is 10.6 Å². The zero-order chi connectivity index (χ0) is 17.6. The van der Waals surface area contributed by atoms with Gasteiger partial charge in [0.15, 0.2) is 5.65 Å². The van der Waals surface area contributed by atoms with Gasteiger partial charge in [-0.05, 0) is 13.3 Å². The molecule has 25 heavy (non-hydrogen) atoms. The minimum Gasteiger partial charge on any atom is -0.340 e. The third-order valence-electron chi connectivity index (χ3n) is 4.27. The third kappa shape index (κ3) is 3.07. The van der Waals surface area contributed by atoms with Crippen LogP contribution in [0.3, 0.4) is 0 Å². The molecule has 1 saturated heterocycles. The summed E-state index contributed by atoms with van der Waals surface area (Å²) in [6, 6.07) is 0.824. The summed E-state index contributed by atoms with van der Waals surface area (Å²) in [5.41, 5.74) is 6.89. The van der Waals surface area contributed by atoms with E-state index in [1.54, 1.807) is 0 Å². The number of rotatable bonds is 3. The summed E-state index contributed by atoms with van der Waals surface area (Å²) in [5, 5.41) is 9.79. The molecule has 3 aromatic heterocycles. The molecule has 0 bridgehead atoms. The molecule has 0 aliphatic carbocycles. The van der Waals surface area contributed by atoms with Crippen LogP contribution in [0, 0.1) is 12.7 Å². The first-order valence-electron chi connectivity index (χ1n) is 7.96. The van der Waals surface area contributed by atoms with Crippen molar-refractivity contribution < 1.29 is 8.78 Å². The Kier molecular flexibility index (Phi) is 4.08. The van der Waals surface area contributed by atoms with E-state index in [0.717, 1.165) is 16.2 Å². The number of hydrogen-bond acceptors (Lipinski definition) is 7. The molecule has 3 aromatic rings.